The number of carbonyl (C=O) groups is 2. The van der Waals surface area contributed by atoms with Crippen LogP contribution in [0.4, 0.5) is 0 Å². The standard InChI is InChI=1S/C13H17NO3/c14-13(9-10-15,12(16)17)8-4-7-11-5-2-1-3-6-11/h1-3,5-6,10H,4,7-9,14H2,(H,16,17). The van der Waals surface area contributed by atoms with Crippen molar-refractivity contribution in [3.63, 3.8) is 0 Å². The first-order valence-electron chi connectivity index (χ1n) is 5.58. The highest BCUT2D eigenvalue weighted by atomic mass is 16.4. The number of rotatable bonds is 7. The Kier molecular flexibility index (Phi) is 4.84. The van der Waals surface area contributed by atoms with Crippen molar-refractivity contribution in [2.45, 2.75) is 31.2 Å². The lowest BCUT2D eigenvalue weighted by Crippen LogP contribution is -2.48. The van der Waals surface area contributed by atoms with E-state index in [2.05, 4.69) is 0 Å². The molecule has 1 aromatic rings. The first kappa shape index (κ1) is 13.4. The Labute approximate surface area is 100 Å². The maximum atomic E-state index is 11.0. The zero-order valence-electron chi connectivity index (χ0n) is 9.63. The summed E-state index contributed by atoms with van der Waals surface area (Å²) in [7, 11) is 0. The van der Waals surface area contributed by atoms with Gasteiger partial charge in [0.2, 0.25) is 0 Å². The summed E-state index contributed by atoms with van der Waals surface area (Å²) >= 11 is 0. The lowest BCUT2D eigenvalue weighted by Gasteiger charge is -2.21. The molecule has 0 aliphatic rings. The van der Waals surface area contributed by atoms with E-state index in [1.165, 1.54) is 0 Å². The Morgan fingerprint density at radius 3 is 2.53 bits per heavy atom. The predicted molar refractivity (Wildman–Crippen MR) is 64.6 cm³/mol. The smallest absolute Gasteiger partial charge is 0.324 e. The zero-order chi connectivity index (χ0) is 12.7. The van der Waals surface area contributed by atoms with Crippen molar-refractivity contribution < 1.29 is 14.7 Å². The van der Waals surface area contributed by atoms with E-state index in [4.69, 9.17) is 10.8 Å². The van der Waals surface area contributed by atoms with Crippen molar-refractivity contribution in [3.8, 4) is 0 Å². The molecule has 0 fully saturated rings. The highest BCUT2D eigenvalue weighted by molar-refractivity contribution is 5.81. The molecule has 0 bridgehead atoms. The monoisotopic (exact) mass is 235 g/mol. The minimum atomic E-state index is -1.42. The van der Waals surface area contributed by atoms with Gasteiger partial charge in [-0.1, -0.05) is 30.3 Å². The van der Waals surface area contributed by atoms with Crippen LogP contribution in [0.25, 0.3) is 0 Å². The summed E-state index contributed by atoms with van der Waals surface area (Å²) in [6.07, 6.45) is 2.15. The second kappa shape index (κ2) is 6.15. The Hall–Kier alpha value is -1.68. The van der Waals surface area contributed by atoms with E-state index < -0.39 is 11.5 Å². The van der Waals surface area contributed by atoms with Gasteiger partial charge >= 0.3 is 5.97 Å². The van der Waals surface area contributed by atoms with Crippen molar-refractivity contribution in [1.82, 2.24) is 0 Å². The van der Waals surface area contributed by atoms with Gasteiger partial charge in [0.25, 0.3) is 0 Å². The molecule has 1 unspecified atom stereocenters. The van der Waals surface area contributed by atoms with Gasteiger partial charge in [-0.25, -0.2) is 0 Å². The fourth-order valence-electron chi connectivity index (χ4n) is 1.70. The fourth-order valence-corrected chi connectivity index (χ4v) is 1.70. The lowest BCUT2D eigenvalue weighted by molar-refractivity contribution is -0.144. The molecule has 4 heteroatoms. The van der Waals surface area contributed by atoms with Crippen molar-refractivity contribution in [2.24, 2.45) is 5.73 Å². The minimum Gasteiger partial charge on any atom is -0.480 e. The average molecular weight is 235 g/mol. The third-order valence-electron chi connectivity index (χ3n) is 2.80. The third-order valence-corrected chi connectivity index (χ3v) is 2.80. The number of benzene rings is 1. The molecule has 1 atom stereocenters. The second-order valence-corrected chi connectivity index (χ2v) is 4.17. The van der Waals surface area contributed by atoms with Gasteiger partial charge in [0, 0.05) is 6.42 Å². The first-order chi connectivity index (χ1) is 8.08. The number of aldehydes is 1. The molecule has 0 heterocycles. The minimum absolute atomic E-state index is 0.142. The molecule has 0 radical (unpaired) electrons. The molecule has 1 rings (SSSR count). The molecule has 92 valence electrons. The van der Waals surface area contributed by atoms with Crippen molar-refractivity contribution in [1.29, 1.82) is 0 Å². The number of hydrogen-bond acceptors (Lipinski definition) is 3. The van der Waals surface area contributed by atoms with E-state index in [1.807, 2.05) is 30.3 Å². The molecule has 0 amide bonds. The molecular formula is C13H17NO3. The van der Waals surface area contributed by atoms with Crippen LogP contribution >= 0.6 is 0 Å². The van der Waals surface area contributed by atoms with Crippen LogP contribution in [0.15, 0.2) is 30.3 Å². The van der Waals surface area contributed by atoms with Crippen LogP contribution in [0.1, 0.15) is 24.8 Å². The second-order valence-electron chi connectivity index (χ2n) is 4.17. The predicted octanol–water partition coefficient (Wildman–Crippen LogP) is 1.38. The lowest BCUT2D eigenvalue weighted by atomic mass is 9.90. The van der Waals surface area contributed by atoms with E-state index in [1.54, 1.807) is 0 Å². The largest absolute Gasteiger partial charge is 0.480 e. The van der Waals surface area contributed by atoms with Gasteiger partial charge in [0.15, 0.2) is 0 Å². The number of carboxylic acid groups (broad SMARTS) is 1. The summed E-state index contributed by atoms with van der Waals surface area (Å²) in [6.45, 7) is 0. The number of nitrogens with two attached hydrogens (primary N) is 1. The fraction of sp³-hybridized carbons (Fsp3) is 0.385. The van der Waals surface area contributed by atoms with E-state index in [0.717, 1.165) is 12.0 Å². The van der Waals surface area contributed by atoms with Crippen molar-refractivity contribution in [3.05, 3.63) is 35.9 Å². The van der Waals surface area contributed by atoms with Crippen LogP contribution in [0.5, 0.6) is 0 Å². The van der Waals surface area contributed by atoms with Gasteiger partial charge in [-0.3, -0.25) is 4.79 Å². The molecule has 17 heavy (non-hydrogen) atoms. The van der Waals surface area contributed by atoms with Gasteiger partial charge < -0.3 is 15.6 Å². The number of hydrogen-bond donors (Lipinski definition) is 2. The van der Waals surface area contributed by atoms with E-state index in [9.17, 15) is 9.59 Å². The maximum Gasteiger partial charge on any atom is 0.324 e. The summed E-state index contributed by atoms with van der Waals surface area (Å²) in [6, 6.07) is 9.78. The molecule has 0 spiro atoms. The number of aryl methyl sites for hydroxylation is 1. The Balaban J connectivity index is 2.48. The van der Waals surface area contributed by atoms with Gasteiger partial charge in [0.1, 0.15) is 11.8 Å². The van der Waals surface area contributed by atoms with Gasteiger partial charge in [0.05, 0.1) is 0 Å². The van der Waals surface area contributed by atoms with E-state index >= 15 is 0 Å². The molecule has 1 aromatic carbocycles. The highest BCUT2D eigenvalue weighted by Gasteiger charge is 2.32. The normalized spacial score (nSPS) is 13.9. The van der Waals surface area contributed by atoms with Gasteiger partial charge in [-0.2, -0.15) is 0 Å². The zero-order valence-corrected chi connectivity index (χ0v) is 9.63. The van der Waals surface area contributed by atoms with Crippen LogP contribution < -0.4 is 5.73 Å². The number of carboxylic acids is 1. The van der Waals surface area contributed by atoms with Gasteiger partial charge in [-0.15, -0.1) is 0 Å². The first-order valence-corrected chi connectivity index (χ1v) is 5.58. The molecule has 4 nitrogen and oxygen atoms in total. The Bertz CT molecular complexity index is 378. The summed E-state index contributed by atoms with van der Waals surface area (Å²) < 4.78 is 0. The summed E-state index contributed by atoms with van der Waals surface area (Å²) in [5.41, 5.74) is 5.41. The molecule has 0 saturated carbocycles. The molecular weight excluding hydrogens is 218 g/mol. The highest BCUT2D eigenvalue weighted by Crippen LogP contribution is 2.16. The molecule has 0 saturated heterocycles. The van der Waals surface area contributed by atoms with Crippen LogP contribution in [-0.4, -0.2) is 22.9 Å². The molecule has 0 aliphatic carbocycles. The summed E-state index contributed by atoms with van der Waals surface area (Å²) in [4.78, 5) is 21.4. The van der Waals surface area contributed by atoms with Gasteiger partial charge in [-0.05, 0) is 24.8 Å². The van der Waals surface area contributed by atoms with Crippen LogP contribution in [-0.2, 0) is 16.0 Å². The Morgan fingerprint density at radius 2 is 2.00 bits per heavy atom. The average Bonchev–Trinajstić information content (AvgIpc) is 2.30. The van der Waals surface area contributed by atoms with E-state index in [-0.39, 0.29) is 6.42 Å². The maximum absolute atomic E-state index is 11.0. The molecule has 0 aromatic heterocycles. The third kappa shape index (κ3) is 4.00. The summed E-state index contributed by atoms with van der Waals surface area (Å²) in [5.74, 6) is -1.11. The van der Waals surface area contributed by atoms with Crippen molar-refractivity contribution >= 4 is 12.3 Å². The van der Waals surface area contributed by atoms with Crippen molar-refractivity contribution in [2.75, 3.05) is 0 Å². The van der Waals surface area contributed by atoms with E-state index in [0.29, 0.717) is 19.1 Å². The van der Waals surface area contributed by atoms with Crippen LogP contribution in [0.2, 0.25) is 0 Å². The Morgan fingerprint density at radius 1 is 1.35 bits per heavy atom. The topological polar surface area (TPSA) is 80.4 Å². The molecule has 3 N–H and O–H groups in total. The number of aliphatic carboxylic acids is 1. The molecule has 0 aliphatic heterocycles. The quantitative estimate of drug-likeness (QED) is 0.700. The summed E-state index contributed by atoms with van der Waals surface area (Å²) in [5, 5.41) is 8.98. The van der Waals surface area contributed by atoms with Crippen LogP contribution in [0.3, 0.4) is 0 Å². The number of carbonyl (C=O) groups excluding carboxylic acids is 1. The van der Waals surface area contributed by atoms with Crippen LogP contribution in [0, 0.1) is 0 Å². The SMILES string of the molecule is NC(CC=O)(CCCc1ccccc1)C(=O)O.